The highest BCUT2D eigenvalue weighted by molar-refractivity contribution is 7.07. The number of aryl methyl sites for hydroxylation is 1. The SMILES string of the molecule is CCOC(=O)C1=C(C)N=c2s/c(=C/c3c(-c4ccccc4)[nH]c4ccc(C)cc34)c(=O)n2[C@H]1c1ccc(C(C)C)cc1. The predicted octanol–water partition coefficient (Wildman–Crippen LogP) is 6.38. The van der Waals surface area contributed by atoms with Crippen LogP contribution in [0.25, 0.3) is 28.2 Å². The number of H-pyrrole nitrogens is 1. The minimum atomic E-state index is -0.637. The average Bonchev–Trinajstić information content (AvgIpc) is 3.49. The van der Waals surface area contributed by atoms with Crippen LogP contribution in [0.1, 0.15) is 61.9 Å². The summed E-state index contributed by atoms with van der Waals surface area (Å²) in [5.74, 6) is -0.0918. The van der Waals surface area contributed by atoms with Crippen molar-refractivity contribution in [3.05, 3.63) is 126 Å². The number of benzene rings is 3. The summed E-state index contributed by atoms with van der Waals surface area (Å²) in [5.41, 5.74) is 7.87. The first-order valence-electron chi connectivity index (χ1n) is 14.2. The van der Waals surface area contributed by atoms with Gasteiger partial charge in [0.2, 0.25) is 0 Å². The van der Waals surface area contributed by atoms with Gasteiger partial charge in [-0.2, -0.15) is 0 Å². The number of hydrogen-bond donors (Lipinski definition) is 1. The van der Waals surface area contributed by atoms with Crippen molar-refractivity contribution in [3.63, 3.8) is 0 Å². The zero-order valence-electron chi connectivity index (χ0n) is 24.4. The topological polar surface area (TPSA) is 76.4 Å². The van der Waals surface area contributed by atoms with Gasteiger partial charge >= 0.3 is 5.97 Å². The van der Waals surface area contributed by atoms with Crippen LogP contribution in [-0.4, -0.2) is 22.1 Å². The molecule has 0 amide bonds. The maximum atomic E-state index is 14.3. The van der Waals surface area contributed by atoms with Crippen LogP contribution in [0.3, 0.4) is 0 Å². The summed E-state index contributed by atoms with van der Waals surface area (Å²) in [7, 11) is 0. The van der Waals surface area contributed by atoms with Gasteiger partial charge < -0.3 is 9.72 Å². The average molecular weight is 576 g/mol. The van der Waals surface area contributed by atoms with E-state index in [-0.39, 0.29) is 12.2 Å². The first-order chi connectivity index (χ1) is 20.3. The Morgan fingerprint density at radius 3 is 2.50 bits per heavy atom. The molecule has 0 aliphatic carbocycles. The number of aromatic amines is 1. The van der Waals surface area contributed by atoms with Crippen LogP contribution in [0, 0.1) is 6.92 Å². The number of allylic oxidation sites excluding steroid dienone is 1. The number of nitrogens with one attached hydrogen (secondary N) is 1. The van der Waals surface area contributed by atoms with Gasteiger partial charge in [-0.1, -0.05) is 91.4 Å². The Hall–Kier alpha value is -4.49. The van der Waals surface area contributed by atoms with E-state index in [2.05, 4.69) is 68.2 Å². The van der Waals surface area contributed by atoms with Gasteiger partial charge in [-0.3, -0.25) is 9.36 Å². The minimum absolute atomic E-state index is 0.188. The number of rotatable bonds is 6. The second-order valence-electron chi connectivity index (χ2n) is 11.0. The van der Waals surface area contributed by atoms with Gasteiger partial charge in [0.1, 0.15) is 0 Å². The zero-order valence-corrected chi connectivity index (χ0v) is 25.2. The van der Waals surface area contributed by atoms with Gasteiger partial charge in [0.15, 0.2) is 4.80 Å². The molecule has 1 atom stereocenters. The number of aromatic nitrogens is 2. The molecule has 0 unspecified atom stereocenters. The van der Waals surface area contributed by atoms with Crippen molar-refractivity contribution in [2.45, 2.75) is 46.6 Å². The summed E-state index contributed by atoms with van der Waals surface area (Å²) in [6.45, 7) is 10.2. The molecule has 0 bridgehead atoms. The maximum absolute atomic E-state index is 14.3. The van der Waals surface area contributed by atoms with E-state index in [0.29, 0.717) is 26.5 Å². The Balaban J connectivity index is 1.60. The maximum Gasteiger partial charge on any atom is 0.338 e. The molecule has 5 aromatic rings. The molecule has 7 heteroatoms. The highest BCUT2D eigenvalue weighted by Crippen LogP contribution is 2.33. The largest absolute Gasteiger partial charge is 0.463 e. The lowest BCUT2D eigenvalue weighted by Gasteiger charge is -2.25. The predicted molar refractivity (Wildman–Crippen MR) is 169 cm³/mol. The van der Waals surface area contributed by atoms with Crippen LogP contribution < -0.4 is 14.9 Å². The molecule has 0 fully saturated rings. The minimum Gasteiger partial charge on any atom is -0.463 e. The van der Waals surface area contributed by atoms with E-state index in [1.165, 1.54) is 16.9 Å². The van der Waals surface area contributed by atoms with Crippen molar-refractivity contribution < 1.29 is 9.53 Å². The van der Waals surface area contributed by atoms with E-state index in [1.807, 2.05) is 43.3 Å². The molecule has 0 saturated carbocycles. The number of hydrogen-bond acceptors (Lipinski definition) is 5. The second-order valence-corrected chi connectivity index (χ2v) is 12.0. The molecule has 1 aliphatic rings. The van der Waals surface area contributed by atoms with Gasteiger partial charge in [-0.05, 0) is 61.6 Å². The number of ether oxygens (including phenoxy) is 1. The molecule has 42 heavy (non-hydrogen) atoms. The molecule has 3 heterocycles. The van der Waals surface area contributed by atoms with Gasteiger partial charge in [0.05, 0.1) is 34.1 Å². The monoisotopic (exact) mass is 575 g/mol. The van der Waals surface area contributed by atoms with Crippen LogP contribution in [0.4, 0.5) is 0 Å². The summed E-state index contributed by atoms with van der Waals surface area (Å²) in [4.78, 5) is 36.4. The van der Waals surface area contributed by atoms with E-state index < -0.39 is 12.0 Å². The molecule has 6 nitrogen and oxygen atoms in total. The number of carbonyl (C=O) groups is 1. The molecule has 0 saturated heterocycles. The summed E-state index contributed by atoms with van der Waals surface area (Å²) < 4.78 is 7.66. The zero-order chi connectivity index (χ0) is 29.5. The smallest absolute Gasteiger partial charge is 0.338 e. The normalized spacial score (nSPS) is 15.3. The summed E-state index contributed by atoms with van der Waals surface area (Å²) in [6, 6.07) is 23.9. The van der Waals surface area contributed by atoms with Crippen molar-refractivity contribution in [2.75, 3.05) is 6.61 Å². The Morgan fingerprint density at radius 1 is 1.07 bits per heavy atom. The highest BCUT2D eigenvalue weighted by atomic mass is 32.1. The van der Waals surface area contributed by atoms with Gasteiger partial charge in [-0.15, -0.1) is 0 Å². The van der Waals surface area contributed by atoms with Crippen LogP contribution in [0.5, 0.6) is 0 Å². The Labute approximate surface area is 248 Å². The summed E-state index contributed by atoms with van der Waals surface area (Å²) in [5, 5.41) is 1.05. The molecule has 1 aliphatic heterocycles. The standard InChI is InChI=1S/C35H33N3O3S/c1-6-41-34(40)30-22(5)36-35-38(32(30)25-15-13-23(14-16-25)20(2)3)33(39)29(42-35)19-27-26-18-21(4)12-17-28(26)37-31(27)24-10-8-7-9-11-24/h7-20,32,37H,6H2,1-5H3/b29-19+/t32-/m0/s1. The van der Waals surface area contributed by atoms with Crippen LogP contribution in [0.2, 0.25) is 0 Å². The van der Waals surface area contributed by atoms with Crippen LogP contribution >= 0.6 is 11.3 Å². The number of fused-ring (bicyclic) bond motifs is 2. The lowest BCUT2D eigenvalue weighted by atomic mass is 9.93. The molecule has 6 rings (SSSR count). The lowest BCUT2D eigenvalue weighted by molar-refractivity contribution is -0.139. The van der Waals surface area contributed by atoms with Crippen molar-refractivity contribution in [2.24, 2.45) is 4.99 Å². The molecule has 3 aromatic carbocycles. The number of esters is 1. The number of nitrogens with zero attached hydrogens (tertiary/aromatic N) is 2. The van der Waals surface area contributed by atoms with E-state index in [9.17, 15) is 9.59 Å². The molecular formula is C35H33N3O3S. The Kier molecular flexibility index (Phi) is 7.29. The van der Waals surface area contributed by atoms with Crippen molar-refractivity contribution >= 4 is 34.3 Å². The molecule has 1 N–H and O–H groups in total. The van der Waals surface area contributed by atoms with Crippen LogP contribution in [-0.2, 0) is 9.53 Å². The van der Waals surface area contributed by atoms with E-state index in [1.54, 1.807) is 11.5 Å². The Bertz CT molecular complexity index is 2030. The third-order valence-corrected chi connectivity index (χ3v) is 8.75. The van der Waals surface area contributed by atoms with Gasteiger partial charge in [0.25, 0.3) is 5.56 Å². The first kappa shape index (κ1) is 27.7. The molecule has 0 radical (unpaired) electrons. The summed E-state index contributed by atoms with van der Waals surface area (Å²) in [6.07, 6.45) is 1.97. The van der Waals surface area contributed by atoms with Gasteiger partial charge in [-0.25, -0.2) is 9.79 Å². The van der Waals surface area contributed by atoms with Crippen molar-refractivity contribution in [1.82, 2.24) is 9.55 Å². The van der Waals surface area contributed by atoms with E-state index in [0.717, 1.165) is 38.9 Å². The van der Waals surface area contributed by atoms with Crippen molar-refractivity contribution in [1.29, 1.82) is 0 Å². The fraction of sp³-hybridized carbons (Fsp3) is 0.229. The number of thiazole rings is 1. The summed E-state index contributed by atoms with van der Waals surface area (Å²) >= 11 is 1.34. The van der Waals surface area contributed by atoms with Crippen molar-refractivity contribution in [3.8, 4) is 11.3 Å². The lowest BCUT2D eigenvalue weighted by Crippen LogP contribution is -2.39. The molecule has 0 spiro atoms. The third kappa shape index (κ3) is 4.84. The molecule has 2 aromatic heterocycles. The third-order valence-electron chi connectivity index (χ3n) is 7.77. The number of carbonyl (C=O) groups excluding carboxylic acids is 1. The quantitative estimate of drug-likeness (QED) is 0.239. The second kappa shape index (κ2) is 11.1. The van der Waals surface area contributed by atoms with E-state index in [4.69, 9.17) is 9.73 Å². The Morgan fingerprint density at radius 2 is 1.81 bits per heavy atom. The van der Waals surface area contributed by atoms with Gasteiger partial charge in [0, 0.05) is 16.5 Å². The highest BCUT2D eigenvalue weighted by Gasteiger charge is 2.33. The fourth-order valence-electron chi connectivity index (χ4n) is 5.61. The fourth-order valence-corrected chi connectivity index (χ4v) is 6.64. The molecule has 212 valence electrons. The molecular weight excluding hydrogens is 542 g/mol. The van der Waals surface area contributed by atoms with Crippen LogP contribution in [0.15, 0.2) is 93.9 Å². The van der Waals surface area contributed by atoms with E-state index >= 15 is 0 Å². The first-order valence-corrected chi connectivity index (χ1v) is 15.1.